The van der Waals surface area contributed by atoms with Crippen LogP contribution < -0.4 is 5.46 Å². The predicted octanol–water partition coefficient (Wildman–Crippen LogP) is 2.14. The fourth-order valence-corrected chi connectivity index (χ4v) is 1.38. The van der Waals surface area contributed by atoms with Crippen LogP contribution in [-0.2, 0) is 6.18 Å². The lowest BCUT2D eigenvalue weighted by molar-refractivity contribution is -0.137. The van der Waals surface area contributed by atoms with Gasteiger partial charge in [-0.2, -0.15) is 13.2 Å². The maximum Gasteiger partial charge on any atom is 0.416 e. The van der Waals surface area contributed by atoms with E-state index in [1.165, 1.54) is 13.0 Å². The van der Waals surface area contributed by atoms with Gasteiger partial charge in [0.15, 0.2) is 0 Å². The maximum atomic E-state index is 12.4. The Kier molecular flexibility index (Phi) is 3.44. The van der Waals surface area contributed by atoms with Gasteiger partial charge in [0.05, 0.1) is 11.7 Å². The first-order chi connectivity index (χ1) is 6.86. The minimum atomic E-state index is -4.34. The fraction of sp³-hybridized carbons (Fsp3) is 0.400. The molecule has 1 atom stereocenters. The monoisotopic (exact) mass is 215 g/mol. The smallest absolute Gasteiger partial charge is 0.389 e. The molecule has 1 aromatic rings. The highest BCUT2D eigenvalue weighted by atomic mass is 19.4. The Bertz CT molecular complexity index is 347. The fourth-order valence-electron chi connectivity index (χ4n) is 1.38. The molecule has 0 heterocycles. The molecule has 1 radical (unpaired) electrons. The summed E-state index contributed by atoms with van der Waals surface area (Å²) in [6.45, 7) is 3.16. The van der Waals surface area contributed by atoms with Gasteiger partial charge in [-0.3, -0.25) is 0 Å². The number of alkyl halides is 3. The molecule has 5 heteroatoms. The molecule has 1 nitrogen and oxygen atoms in total. The highest BCUT2D eigenvalue weighted by Crippen LogP contribution is 2.29. The van der Waals surface area contributed by atoms with Crippen LogP contribution in [0.5, 0.6) is 0 Å². The highest BCUT2D eigenvalue weighted by molar-refractivity contribution is 6.52. The van der Waals surface area contributed by atoms with E-state index in [4.69, 9.17) is 0 Å². The van der Waals surface area contributed by atoms with Crippen molar-refractivity contribution in [1.29, 1.82) is 0 Å². The molecular weight excluding hydrogens is 204 g/mol. The van der Waals surface area contributed by atoms with Gasteiger partial charge in [-0.05, 0) is 18.6 Å². The van der Waals surface area contributed by atoms with E-state index in [2.05, 4.69) is 0 Å². The Labute approximate surface area is 87.2 Å². The third kappa shape index (κ3) is 2.75. The zero-order chi connectivity index (χ0) is 11.6. The van der Waals surface area contributed by atoms with Crippen molar-refractivity contribution in [3.8, 4) is 0 Å². The Balaban J connectivity index is 3.19. The SMILES string of the molecule is C[B]c1cc(C(F)(F)F)ccc1[C@@H](C)O. The van der Waals surface area contributed by atoms with E-state index in [1.807, 2.05) is 0 Å². The molecule has 0 aliphatic carbocycles. The van der Waals surface area contributed by atoms with Crippen molar-refractivity contribution in [2.24, 2.45) is 0 Å². The summed E-state index contributed by atoms with van der Waals surface area (Å²) < 4.78 is 37.1. The quantitative estimate of drug-likeness (QED) is 0.749. The number of benzene rings is 1. The molecule has 0 unspecified atom stereocenters. The van der Waals surface area contributed by atoms with Gasteiger partial charge in [0.25, 0.3) is 0 Å². The summed E-state index contributed by atoms with van der Waals surface area (Å²) in [5.74, 6) is 0. The number of aliphatic hydroxyl groups excluding tert-OH is 1. The molecule has 1 N–H and O–H groups in total. The molecule has 0 amide bonds. The Morgan fingerprint density at radius 2 is 1.93 bits per heavy atom. The minimum absolute atomic E-state index is 0.417. The van der Waals surface area contributed by atoms with E-state index in [-0.39, 0.29) is 0 Å². The summed E-state index contributed by atoms with van der Waals surface area (Å²) in [4.78, 5) is 0. The second kappa shape index (κ2) is 4.27. The van der Waals surface area contributed by atoms with Crippen molar-refractivity contribution in [2.45, 2.75) is 26.0 Å². The van der Waals surface area contributed by atoms with E-state index < -0.39 is 17.8 Å². The van der Waals surface area contributed by atoms with Crippen molar-refractivity contribution in [3.63, 3.8) is 0 Å². The lowest BCUT2D eigenvalue weighted by atomic mass is 9.69. The number of aliphatic hydroxyl groups is 1. The molecule has 0 saturated carbocycles. The zero-order valence-corrected chi connectivity index (χ0v) is 8.47. The van der Waals surface area contributed by atoms with Crippen LogP contribution in [0.4, 0.5) is 13.2 Å². The van der Waals surface area contributed by atoms with Crippen LogP contribution in [0.2, 0.25) is 6.82 Å². The topological polar surface area (TPSA) is 20.2 Å². The minimum Gasteiger partial charge on any atom is -0.389 e. The second-order valence-electron chi connectivity index (χ2n) is 3.31. The van der Waals surface area contributed by atoms with Gasteiger partial charge in [0, 0.05) is 0 Å². The maximum absolute atomic E-state index is 12.4. The molecule has 0 aliphatic rings. The molecule has 0 spiro atoms. The first-order valence-electron chi connectivity index (χ1n) is 4.55. The molecule has 0 fully saturated rings. The molecule has 15 heavy (non-hydrogen) atoms. The Morgan fingerprint density at radius 1 is 1.33 bits per heavy atom. The first-order valence-corrected chi connectivity index (χ1v) is 4.55. The van der Waals surface area contributed by atoms with Crippen molar-refractivity contribution < 1.29 is 18.3 Å². The lowest BCUT2D eigenvalue weighted by Gasteiger charge is -2.14. The van der Waals surface area contributed by atoms with E-state index in [1.54, 1.807) is 14.1 Å². The van der Waals surface area contributed by atoms with Crippen LogP contribution in [0.3, 0.4) is 0 Å². The molecule has 81 valence electrons. The van der Waals surface area contributed by atoms with Gasteiger partial charge in [0.2, 0.25) is 0 Å². The van der Waals surface area contributed by atoms with E-state index in [0.29, 0.717) is 11.0 Å². The molecule has 0 aromatic heterocycles. The molecule has 1 aromatic carbocycles. The van der Waals surface area contributed by atoms with Crippen LogP contribution in [0.25, 0.3) is 0 Å². The summed E-state index contributed by atoms with van der Waals surface area (Å²) in [6, 6.07) is 3.33. The van der Waals surface area contributed by atoms with Crippen LogP contribution in [0, 0.1) is 0 Å². The highest BCUT2D eigenvalue weighted by Gasteiger charge is 2.30. The van der Waals surface area contributed by atoms with Crippen LogP contribution >= 0.6 is 0 Å². The number of hydrogen-bond donors (Lipinski definition) is 1. The number of halogens is 3. The van der Waals surface area contributed by atoms with Gasteiger partial charge in [-0.15, -0.1) is 0 Å². The van der Waals surface area contributed by atoms with Crippen molar-refractivity contribution in [1.82, 2.24) is 0 Å². The average Bonchev–Trinajstić information content (AvgIpc) is 2.15. The number of rotatable bonds is 2. The van der Waals surface area contributed by atoms with Gasteiger partial charge < -0.3 is 5.11 Å². The Hall–Kier alpha value is -0.965. The van der Waals surface area contributed by atoms with Crippen molar-refractivity contribution in [2.75, 3.05) is 0 Å². The Morgan fingerprint density at radius 3 is 2.33 bits per heavy atom. The summed E-state index contributed by atoms with van der Waals surface area (Å²) in [7, 11) is 1.55. The van der Waals surface area contributed by atoms with Crippen molar-refractivity contribution in [3.05, 3.63) is 29.3 Å². The van der Waals surface area contributed by atoms with Gasteiger partial charge in [-0.1, -0.05) is 24.4 Å². The van der Waals surface area contributed by atoms with Gasteiger partial charge >= 0.3 is 6.18 Å². The number of hydrogen-bond acceptors (Lipinski definition) is 1. The third-order valence-corrected chi connectivity index (χ3v) is 2.18. The largest absolute Gasteiger partial charge is 0.416 e. The van der Waals surface area contributed by atoms with Crippen LogP contribution in [0.1, 0.15) is 24.2 Å². The normalized spacial score (nSPS) is 13.7. The van der Waals surface area contributed by atoms with Gasteiger partial charge in [-0.25, -0.2) is 0 Å². The first kappa shape index (κ1) is 12.1. The molecule has 0 bridgehead atoms. The molecule has 0 saturated heterocycles. The molecule has 0 aliphatic heterocycles. The summed E-state index contributed by atoms with van der Waals surface area (Å²) >= 11 is 0. The summed E-state index contributed by atoms with van der Waals surface area (Å²) in [5.41, 5.74) is 0.227. The van der Waals surface area contributed by atoms with E-state index in [9.17, 15) is 18.3 Å². The zero-order valence-electron chi connectivity index (χ0n) is 8.47. The average molecular weight is 215 g/mol. The van der Waals surface area contributed by atoms with Crippen molar-refractivity contribution >= 4 is 12.7 Å². The lowest BCUT2D eigenvalue weighted by Crippen LogP contribution is -2.21. The van der Waals surface area contributed by atoms with Crippen LogP contribution in [-0.4, -0.2) is 12.4 Å². The van der Waals surface area contributed by atoms with E-state index >= 15 is 0 Å². The summed E-state index contributed by atoms with van der Waals surface area (Å²) in [6.07, 6.45) is -5.10. The molecular formula is C10H11BF3O. The third-order valence-electron chi connectivity index (χ3n) is 2.18. The standard InChI is InChI=1S/C10H11BF3O/c1-6(15)8-4-3-7(10(12,13)14)5-9(8)11-2/h3-6,15H,1-2H3/t6-/m1/s1. The second-order valence-corrected chi connectivity index (χ2v) is 3.31. The van der Waals surface area contributed by atoms with E-state index in [0.717, 1.165) is 12.1 Å². The summed E-state index contributed by atoms with van der Waals surface area (Å²) in [5, 5.41) is 9.33. The van der Waals surface area contributed by atoms with Crippen LogP contribution in [0.15, 0.2) is 18.2 Å². The molecule has 1 rings (SSSR count). The predicted molar refractivity (Wildman–Crippen MR) is 53.3 cm³/mol. The van der Waals surface area contributed by atoms with Gasteiger partial charge in [0.1, 0.15) is 7.28 Å².